The van der Waals surface area contributed by atoms with Gasteiger partial charge in [-0.25, -0.2) is 9.78 Å². The van der Waals surface area contributed by atoms with E-state index >= 15 is 0 Å². The van der Waals surface area contributed by atoms with Crippen LogP contribution in [0.3, 0.4) is 0 Å². The van der Waals surface area contributed by atoms with Gasteiger partial charge in [-0.15, -0.1) is 0 Å². The summed E-state index contributed by atoms with van der Waals surface area (Å²) >= 11 is 1.58. The Hall–Kier alpha value is -1.40. The Balaban J connectivity index is 2.22. The van der Waals surface area contributed by atoms with Crippen molar-refractivity contribution in [2.75, 3.05) is 38.1 Å². The van der Waals surface area contributed by atoms with E-state index in [2.05, 4.69) is 30.7 Å². The predicted molar refractivity (Wildman–Crippen MR) is 82.6 cm³/mol. The van der Waals surface area contributed by atoms with Gasteiger partial charge in [-0.2, -0.15) is 0 Å². The Bertz CT molecular complexity index is 503. The summed E-state index contributed by atoms with van der Waals surface area (Å²) in [7, 11) is 2.12. The van der Waals surface area contributed by atoms with Crippen molar-refractivity contribution in [1.29, 1.82) is 0 Å². The van der Waals surface area contributed by atoms with Gasteiger partial charge in [-0.3, -0.25) is 0 Å². The minimum atomic E-state index is -0.922. The molecule has 0 saturated carbocycles. The summed E-state index contributed by atoms with van der Waals surface area (Å²) in [4.78, 5) is 20.9. The van der Waals surface area contributed by atoms with Crippen LogP contribution in [0.25, 0.3) is 6.08 Å². The van der Waals surface area contributed by atoms with E-state index in [1.165, 1.54) is 6.08 Å². The van der Waals surface area contributed by atoms with Crippen molar-refractivity contribution < 1.29 is 9.90 Å². The lowest BCUT2D eigenvalue weighted by atomic mass is 10.1. The highest BCUT2D eigenvalue weighted by molar-refractivity contribution is 7.16. The number of anilines is 1. The maximum Gasteiger partial charge on any atom is 0.328 e. The highest BCUT2D eigenvalue weighted by Crippen LogP contribution is 2.32. The zero-order valence-electron chi connectivity index (χ0n) is 12.2. The zero-order valence-corrected chi connectivity index (χ0v) is 13.0. The summed E-state index contributed by atoms with van der Waals surface area (Å²) in [6.07, 6.45) is 2.85. The van der Waals surface area contributed by atoms with E-state index in [-0.39, 0.29) is 0 Å². The molecule has 1 N–H and O–H groups in total. The first-order valence-electron chi connectivity index (χ1n) is 6.82. The first-order valence-corrected chi connectivity index (χ1v) is 7.64. The number of rotatable bonds is 4. The van der Waals surface area contributed by atoms with Crippen LogP contribution in [-0.4, -0.2) is 54.2 Å². The molecule has 110 valence electrons. The molecule has 1 aliphatic rings. The quantitative estimate of drug-likeness (QED) is 0.862. The molecule has 2 heterocycles. The number of aliphatic carboxylic acids is 1. The fourth-order valence-corrected chi connectivity index (χ4v) is 3.32. The Morgan fingerprint density at radius 2 is 2.00 bits per heavy atom. The van der Waals surface area contributed by atoms with Gasteiger partial charge in [0.05, 0.1) is 10.6 Å². The molecule has 2 rings (SSSR count). The molecule has 0 aliphatic carbocycles. The van der Waals surface area contributed by atoms with E-state index in [0.29, 0.717) is 5.92 Å². The van der Waals surface area contributed by atoms with Gasteiger partial charge in [-0.1, -0.05) is 25.2 Å². The van der Waals surface area contributed by atoms with Crippen molar-refractivity contribution in [2.24, 2.45) is 0 Å². The minimum absolute atomic E-state index is 0.293. The van der Waals surface area contributed by atoms with Gasteiger partial charge in [-0.05, 0) is 19.0 Å². The summed E-state index contributed by atoms with van der Waals surface area (Å²) in [5, 5.41) is 9.78. The molecule has 20 heavy (non-hydrogen) atoms. The van der Waals surface area contributed by atoms with Crippen LogP contribution < -0.4 is 4.90 Å². The van der Waals surface area contributed by atoms with Crippen LogP contribution >= 0.6 is 11.3 Å². The third-order valence-electron chi connectivity index (χ3n) is 3.37. The van der Waals surface area contributed by atoms with Gasteiger partial charge in [0.2, 0.25) is 0 Å². The monoisotopic (exact) mass is 295 g/mol. The molecule has 1 fully saturated rings. The first kappa shape index (κ1) is 15.0. The van der Waals surface area contributed by atoms with Crippen LogP contribution in [0.5, 0.6) is 0 Å². The van der Waals surface area contributed by atoms with Crippen LogP contribution in [0.1, 0.15) is 30.3 Å². The molecule has 6 heteroatoms. The molecule has 0 unspecified atom stereocenters. The third kappa shape index (κ3) is 3.58. The molecule has 1 aromatic rings. The summed E-state index contributed by atoms with van der Waals surface area (Å²) in [5.41, 5.74) is 0.987. The molecule has 5 nitrogen and oxygen atoms in total. The molecule has 0 bridgehead atoms. The molecule has 1 aromatic heterocycles. The second kappa shape index (κ2) is 6.37. The maximum atomic E-state index is 10.7. The fourth-order valence-electron chi connectivity index (χ4n) is 2.14. The number of carboxylic acid groups (broad SMARTS) is 1. The van der Waals surface area contributed by atoms with Crippen LogP contribution in [-0.2, 0) is 4.79 Å². The number of hydrogen-bond donors (Lipinski definition) is 1. The Morgan fingerprint density at radius 3 is 2.55 bits per heavy atom. The molecule has 0 radical (unpaired) electrons. The summed E-state index contributed by atoms with van der Waals surface area (Å²) in [5.74, 6) is -0.629. The number of piperazine rings is 1. The number of nitrogens with zero attached hydrogens (tertiary/aromatic N) is 3. The highest BCUT2D eigenvalue weighted by atomic mass is 32.1. The van der Waals surface area contributed by atoms with E-state index in [4.69, 9.17) is 10.1 Å². The smallest absolute Gasteiger partial charge is 0.328 e. The van der Waals surface area contributed by atoms with E-state index in [9.17, 15) is 4.79 Å². The standard InChI is InChI=1S/C14H21N3O2S/c1-10(2)13-11(4-5-12(18)19)20-14(15-13)17-8-6-16(3)7-9-17/h4-5,10H,6-9H2,1-3H3,(H,18,19)/b5-4+. The average Bonchev–Trinajstić information content (AvgIpc) is 2.81. The lowest BCUT2D eigenvalue weighted by Crippen LogP contribution is -2.44. The molecule has 1 saturated heterocycles. The number of likely N-dealkylation sites (N-methyl/N-ethyl adjacent to an activating group) is 1. The number of carboxylic acids is 1. The van der Waals surface area contributed by atoms with Gasteiger partial charge >= 0.3 is 5.97 Å². The van der Waals surface area contributed by atoms with Crippen LogP contribution in [0.2, 0.25) is 0 Å². The average molecular weight is 295 g/mol. The largest absolute Gasteiger partial charge is 0.478 e. The second-order valence-corrected chi connectivity index (χ2v) is 6.37. The Labute approximate surface area is 123 Å². The Kier molecular flexibility index (Phi) is 4.77. The minimum Gasteiger partial charge on any atom is -0.478 e. The Morgan fingerprint density at radius 1 is 1.35 bits per heavy atom. The lowest BCUT2D eigenvalue weighted by Gasteiger charge is -2.32. The number of carbonyl (C=O) groups is 1. The van der Waals surface area contributed by atoms with Crippen molar-refractivity contribution in [3.05, 3.63) is 16.6 Å². The highest BCUT2D eigenvalue weighted by Gasteiger charge is 2.20. The van der Waals surface area contributed by atoms with Crippen LogP contribution in [0, 0.1) is 0 Å². The third-order valence-corrected chi connectivity index (χ3v) is 4.46. The van der Waals surface area contributed by atoms with Gasteiger partial charge in [0.15, 0.2) is 5.13 Å². The number of thiazole rings is 1. The van der Waals surface area contributed by atoms with Crippen molar-refractivity contribution in [1.82, 2.24) is 9.88 Å². The van der Waals surface area contributed by atoms with Crippen molar-refractivity contribution in [2.45, 2.75) is 19.8 Å². The van der Waals surface area contributed by atoms with Crippen molar-refractivity contribution >= 4 is 28.5 Å². The van der Waals surface area contributed by atoms with Gasteiger partial charge in [0.25, 0.3) is 0 Å². The first-order chi connectivity index (χ1) is 9.47. The molecular weight excluding hydrogens is 274 g/mol. The van der Waals surface area contributed by atoms with E-state index in [1.54, 1.807) is 17.4 Å². The summed E-state index contributed by atoms with van der Waals surface area (Å²) in [6.45, 7) is 8.20. The summed E-state index contributed by atoms with van der Waals surface area (Å²) < 4.78 is 0. The van der Waals surface area contributed by atoms with Gasteiger partial charge in [0, 0.05) is 32.3 Å². The topological polar surface area (TPSA) is 56.7 Å². The molecule has 0 atom stereocenters. The second-order valence-electron chi connectivity index (χ2n) is 5.36. The normalized spacial score (nSPS) is 17.3. The molecule has 0 spiro atoms. The van der Waals surface area contributed by atoms with Crippen molar-refractivity contribution in [3.8, 4) is 0 Å². The molecule has 0 amide bonds. The van der Waals surface area contributed by atoms with E-state index in [0.717, 1.165) is 41.9 Å². The zero-order chi connectivity index (χ0) is 14.7. The summed E-state index contributed by atoms with van der Waals surface area (Å²) in [6, 6.07) is 0. The van der Waals surface area contributed by atoms with E-state index in [1.807, 2.05) is 0 Å². The van der Waals surface area contributed by atoms with E-state index < -0.39 is 5.97 Å². The maximum absolute atomic E-state index is 10.7. The lowest BCUT2D eigenvalue weighted by molar-refractivity contribution is -0.131. The SMILES string of the molecule is CC(C)c1nc(N2CCN(C)CC2)sc1/C=C/C(=O)O. The number of aromatic nitrogens is 1. The molecule has 1 aliphatic heterocycles. The molecule has 0 aromatic carbocycles. The van der Waals surface area contributed by atoms with Crippen LogP contribution in [0.4, 0.5) is 5.13 Å². The molecular formula is C14H21N3O2S. The van der Waals surface area contributed by atoms with Crippen molar-refractivity contribution in [3.63, 3.8) is 0 Å². The predicted octanol–water partition coefficient (Wildman–Crippen LogP) is 2.12. The fraction of sp³-hybridized carbons (Fsp3) is 0.571. The van der Waals surface area contributed by atoms with Gasteiger partial charge in [0.1, 0.15) is 0 Å². The van der Waals surface area contributed by atoms with Gasteiger partial charge < -0.3 is 14.9 Å². The van der Waals surface area contributed by atoms with Crippen LogP contribution in [0.15, 0.2) is 6.08 Å². The number of hydrogen-bond acceptors (Lipinski definition) is 5.